The van der Waals surface area contributed by atoms with Crippen molar-refractivity contribution >= 4 is 17.3 Å². The topological polar surface area (TPSA) is 38.7 Å². The number of nitrogens with one attached hydrogen (secondary N) is 1. The van der Waals surface area contributed by atoms with Gasteiger partial charge in [-0.2, -0.15) is 0 Å². The summed E-state index contributed by atoms with van der Waals surface area (Å²) in [5.74, 6) is 0. The monoisotopic (exact) mass is 231 g/mol. The fourth-order valence-corrected chi connectivity index (χ4v) is 2.13. The molecule has 4 nitrogen and oxygen atoms in total. The molecule has 1 aliphatic heterocycles. The van der Waals surface area contributed by atoms with Gasteiger partial charge in [-0.25, -0.2) is 0 Å². The minimum Gasteiger partial charge on any atom is -0.395 e. The van der Waals surface area contributed by atoms with Crippen molar-refractivity contribution in [2.24, 2.45) is 0 Å². The van der Waals surface area contributed by atoms with Gasteiger partial charge in [0.1, 0.15) is 0 Å². The zero-order valence-electron chi connectivity index (χ0n) is 9.41. The number of hydrogen-bond acceptors (Lipinski definition) is 3. The van der Waals surface area contributed by atoms with Crippen molar-refractivity contribution in [2.75, 3.05) is 45.9 Å². The maximum absolute atomic E-state index is 8.88. The van der Waals surface area contributed by atoms with Gasteiger partial charge < -0.3 is 15.3 Å². The summed E-state index contributed by atoms with van der Waals surface area (Å²) in [7, 11) is 0. The first-order chi connectivity index (χ1) is 7.27. The summed E-state index contributed by atoms with van der Waals surface area (Å²) in [5.41, 5.74) is 0. The second-order valence-electron chi connectivity index (χ2n) is 3.74. The van der Waals surface area contributed by atoms with Gasteiger partial charge in [0.15, 0.2) is 5.11 Å². The first kappa shape index (κ1) is 12.7. The van der Waals surface area contributed by atoms with Crippen LogP contribution in [0.5, 0.6) is 0 Å². The first-order valence-corrected chi connectivity index (χ1v) is 6.04. The molecular formula is C10H21N3OS. The summed E-state index contributed by atoms with van der Waals surface area (Å²) in [4.78, 5) is 4.50. The molecule has 1 heterocycles. The van der Waals surface area contributed by atoms with Crippen molar-refractivity contribution < 1.29 is 5.11 Å². The van der Waals surface area contributed by atoms with E-state index in [1.54, 1.807) is 0 Å². The Morgan fingerprint density at radius 1 is 1.33 bits per heavy atom. The number of thiocarbonyl (C=S) groups is 1. The zero-order valence-corrected chi connectivity index (χ0v) is 10.2. The lowest BCUT2D eigenvalue weighted by atomic mass is 10.4. The summed E-state index contributed by atoms with van der Waals surface area (Å²) < 4.78 is 0. The molecule has 0 aromatic rings. The number of nitrogens with zero attached hydrogens (tertiary/aromatic N) is 2. The number of β-amino-alcohol motifs (C(OH)–C–C–N with tert-alkyl or cyclic N) is 1. The van der Waals surface area contributed by atoms with Gasteiger partial charge >= 0.3 is 0 Å². The highest BCUT2D eigenvalue weighted by atomic mass is 32.1. The smallest absolute Gasteiger partial charge is 0.168 e. The summed E-state index contributed by atoms with van der Waals surface area (Å²) >= 11 is 5.28. The van der Waals surface area contributed by atoms with Crippen molar-refractivity contribution in [1.29, 1.82) is 0 Å². The average molecular weight is 231 g/mol. The van der Waals surface area contributed by atoms with Gasteiger partial charge in [-0.15, -0.1) is 0 Å². The quantitative estimate of drug-likeness (QED) is 0.663. The van der Waals surface area contributed by atoms with Gasteiger partial charge in [0.25, 0.3) is 0 Å². The second kappa shape index (κ2) is 6.98. The van der Waals surface area contributed by atoms with Gasteiger partial charge in [-0.05, 0) is 32.1 Å². The van der Waals surface area contributed by atoms with E-state index in [1.165, 1.54) is 0 Å². The normalized spacial score (nSPS) is 18.7. The van der Waals surface area contributed by atoms with Crippen molar-refractivity contribution in [3.8, 4) is 0 Å². The van der Waals surface area contributed by atoms with Crippen LogP contribution in [0.25, 0.3) is 0 Å². The molecule has 1 saturated heterocycles. The molecule has 0 amide bonds. The molecule has 15 heavy (non-hydrogen) atoms. The second-order valence-corrected chi connectivity index (χ2v) is 4.13. The van der Waals surface area contributed by atoms with Crippen molar-refractivity contribution in [2.45, 2.75) is 13.3 Å². The molecule has 1 rings (SSSR count). The Kier molecular flexibility index (Phi) is 5.90. The van der Waals surface area contributed by atoms with Gasteiger partial charge in [-0.1, -0.05) is 0 Å². The van der Waals surface area contributed by atoms with E-state index in [2.05, 4.69) is 22.0 Å². The molecule has 0 unspecified atom stereocenters. The van der Waals surface area contributed by atoms with Crippen LogP contribution >= 0.6 is 12.2 Å². The molecular weight excluding hydrogens is 210 g/mol. The fraction of sp³-hybridized carbons (Fsp3) is 0.900. The van der Waals surface area contributed by atoms with E-state index in [9.17, 15) is 0 Å². The Labute approximate surface area is 97.2 Å². The van der Waals surface area contributed by atoms with E-state index < -0.39 is 0 Å². The molecule has 0 saturated carbocycles. The standard InChI is InChI=1S/C10H21N3OS/c1-2-11-10(15)13-5-3-4-12(6-7-13)8-9-14/h14H,2-9H2,1H3,(H,11,15). The summed E-state index contributed by atoms with van der Waals surface area (Å²) in [6.07, 6.45) is 1.12. The molecule has 0 aromatic carbocycles. The third-order valence-electron chi connectivity index (χ3n) is 2.62. The Bertz CT molecular complexity index is 201. The molecule has 0 radical (unpaired) electrons. The highest BCUT2D eigenvalue weighted by molar-refractivity contribution is 7.80. The third kappa shape index (κ3) is 4.32. The van der Waals surface area contributed by atoms with E-state index in [0.29, 0.717) is 0 Å². The van der Waals surface area contributed by atoms with E-state index in [-0.39, 0.29) is 6.61 Å². The summed E-state index contributed by atoms with van der Waals surface area (Å²) in [5, 5.41) is 12.9. The average Bonchev–Trinajstić information content (AvgIpc) is 2.44. The molecule has 0 bridgehead atoms. The lowest BCUT2D eigenvalue weighted by Crippen LogP contribution is -2.41. The maximum atomic E-state index is 8.88. The molecule has 2 N–H and O–H groups in total. The Balaban J connectivity index is 2.35. The van der Waals surface area contributed by atoms with Gasteiger partial charge in [-0.3, -0.25) is 4.90 Å². The third-order valence-corrected chi connectivity index (χ3v) is 3.02. The van der Waals surface area contributed by atoms with Crippen LogP contribution in [-0.2, 0) is 0 Å². The molecule has 5 heteroatoms. The molecule has 1 aliphatic rings. The summed E-state index contributed by atoms with van der Waals surface area (Å²) in [6.45, 7) is 8.01. The first-order valence-electron chi connectivity index (χ1n) is 5.64. The predicted molar refractivity (Wildman–Crippen MR) is 66.0 cm³/mol. The van der Waals surface area contributed by atoms with Crippen LogP contribution in [0, 0.1) is 0 Å². The molecule has 0 atom stereocenters. The molecule has 1 fully saturated rings. The fourth-order valence-electron chi connectivity index (χ4n) is 1.80. The Morgan fingerprint density at radius 3 is 2.80 bits per heavy atom. The zero-order chi connectivity index (χ0) is 11.1. The molecule has 88 valence electrons. The minimum absolute atomic E-state index is 0.248. The van der Waals surface area contributed by atoms with Crippen molar-refractivity contribution in [3.05, 3.63) is 0 Å². The molecule has 0 aliphatic carbocycles. The number of hydrogen-bond donors (Lipinski definition) is 2. The van der Waals surface area contributed by atoms with E-state index in [4.69, 9.17) is 17.3 Å². The van der Waals surface area contributed by atoms with E-state index in [0.717, 1.165) is 50.8 Å². The van der Waals surface area contributed by atoms with Crippen LogP contribution in [0.1, 0.15) is 13.3 Å². The molecule has 0 aromatic heterocycles. The highest BCUT2D eigenvalue weighted by Crippen LogP contribution is 2.02. The van der Waals surface area contributed by atoms with Crippen LogP contribution in [-0.4, -0.2) is 65.9 Å². The van der Waals surface area contributed by atoms with Crippen LogP contribution in [0.4, 0.5) is 0 Å². The van der Waals surface area contributed by atoms with Crippen LogP contribution in [0.15, 0.2) is 0 Å². The van der Waals surface area contributed by atoms with Crippen LogP contribution in [0.3, 0.4) is 0 Å². The number of aliphatic hydroxyl groups is 1. The van der Waals surface area contributed by atoms with E-state index in [1.807, 2.05) is 0 Å². The lowest BCUT2D eigenvalue weighted by molar-refractivity contribution is 0.201. The van der Waals surface area contributed by atoms with Crippen LogP contribution < -0.4 is 5.32 Å². The SMILES string of the molecule is CCNC(=S)N1CCCN(CCO)CC1. The van der Waals surface area contributed by atoms with Crippen LogP contribution in [0.2, 0.25) is 0 Å². The Morgan fingerprint density at radius 2 is 2.13 bits per heavy atom. The minimum atomic E-state index is 0.248. The van der Waals surface area contributed by atoms with Crippen molar-refractivity contribution in [3.63, 3.8) is 0 Å². The summed E-state index contributed by atoms with van der Waals surface area (Å²) in [6, 6.07) is 0. The van der Waals surface area contributed by atoms with Crippen molar-refractivity contribution in [1.82, 2.24) is 15.1 Å². The molecule has 0 spiro atoms. The lowest BCUT2D eigenvalue weighted by Gasteiger charge is -2.24. The van der Waals surface area contributed by atoms with Gasteiger partial charge in [0.05, 0.1) is 6.61 Å². The number of aliphatic hydroxyl groups excluding tert-OH is 1. The maximum Gasteiger partial charge on any atom is 0.168 e. The van der Waals surface area contributed by atoms with E-state index >= 15 is 0 Å². The number of rotatable bonds is 3. The predicted octanol–water partition coefficient (Wildman–Crippen LogP) is -0.119. The van der Waals surface area contributed by atoms with Gasteiger partial charge in [0, 0.05) is 32.7 Å². The van der Waals surface area contributed by atoms with Gasteiger partial charge in [0.2, 0.25) is 0 Å². The Hall–Kier alpha value is -0.390. The highest BCUT2D eigenvalue weighted by Gasteiger charge is 2.15. The largest absolute Gasteiger partial charge is 0.395 e.